The highest BCUT2D eigenvalue weighted by Crippen LogP contribution is 2.67. The molecule has 0 radical (unpaired) electrons. The molecule has 4 aliphatic rings. The first-order valence-electron chi connectivity index (χ1n) is 11.2. The second kappa shape index (κ2) is 6.44. The van der Waals surface area contributed by atoms with Crippen LogP contribution < -0.4 is 0 Å². The maximum atomic E-state index is 5.76. The largest absolute Gasteiger partial charge is 0.381 e. The van der Waals surface area contributed by atoms with Crippen molar-refractivity contribution in [2.24, 2.45) is 34.5 Å². The van der Waals surface area contributed by atoms with Gasteiger partial charge in [-0.3, -0.25) is 4.98 Å². The molecule has 0 spiro atoms. The number of allylic oxidation sites excluding steroid dienone is 2. The van der Waals surface area contributed by atoms with Gasteiger partial charge in [0.15, 0.2) is 0 Å². The van der Waals surface area contributed by atoms with Gasteiger partial charge in [-0.25, -0.2) is 0 Å². The zero-order valence-electron chi connectivity index (χ0n) is 17.3. The first kappa shape index (κ1) is 17.9. The summed E-state index contributed by atoms with van der Waals surface area (Å²) in [6.45, 7) is 5.21. The van der Waals surface area contributed by atoms with Crippen LogP contribution in [0.2, 0.25) is 0 Å². The molecule has 1 unspecified atom stereocenters. The molecule has 3 fully saturated rings. The number of nitrogens with zero attached hydrogens (tertiary/aromatic N) is 1. The second-order valence-electron chi connectivity index (χ2n) is 10.3. The lowest BCUT2D eigenvalue weighted by Gasteiger charge is -2.61. The maximum absolute atomic E-state index is 5.76. The van der Waals surface area contributed by atoms with Crippen LogP contribution in [0.5, 0.6) is 0 Å². The Bertz CT molecular complexity index is 727. The van der Waals surface area contributed by atoms with E-state index in [2.05, 4.69) is 43.2 Å². The third-order valence-corrected chi connectivity index (χ3v) is 9.50. The maximum Gasteiger partial charge on any atom is 0.0574 e. The first-order valence-corrected chi connectivity index (χ1v) is 11.2. The summed E-state index contributed by atoms with van der Waals surface area (Å²) < 4.78 is 5.76. The molecule has 0 N–H and O–H groups in total. The van der Waals surface area contributed by atoms with Crippen molar-refractivity contribution in [3.8, 4) is 0 Å². The molecular formula is C25H35NO. The van der Waals surface area contributed by atoms with Crippen molar-refractivity contribution >= 4 is 5.57 Å². The average Bonchev–Trinajstić information content (AvgIpc) is 3.05. The lowest BCUT2D eigenvalue weighted by Crippen LogP contribution is -2.53. The van der Waals surface area contributed by atoms with Gasteiger partial charge in [-0.05, 0) is 103 Å². The monoisotopic (exact) mass is 365 g/mol. The third kappa shape index (κ3) is 2.58. The van der Waals surface area contributed by atoms with E-state index >= 15 is 0 Å². The van der Waals surface area contributed by atoms with Crippen LogP contribution in [-0.2, 0) is 4.74 Å². The summed E-state index contributed by atoms with van der Waals surface area (Å²) in [6, 6.07) is 4.36. The highest BCUT2D eigenvalue weighted by Gasteiger charge is 2.58. The Morgan fingerprint density at radius 3 is 2.74 bits per heavy atom. The van der Waals surface area contributed by atoms with Crippen molar-refractivity contribution < 1.29 is 4.74 Å². The Hall–Kier alpha value is -1.15. The van der Waals surface area contributed by atoms with Crippen molar-refractivity contribution in [2.45, 2.75) is 71.3 Å². The minimum atomic E-state index is 0.358. The standard InChI is InChI=1S/C25H35NO/c1-24-12-10-19(27-3)15-18(24)6-7-20-22-9-8-21(17-5-4-14-26-16-17)25(22,2)13-11-23(20)24/h4-5,8,14,16,18-20,22-23H,6-7,9-13,15H2,1-3H3/t18-,19?,20-,22-,23-,24-,25+/m0/s1. The number of rotatable bonds is 2. The molecule has 1 aromatic heterocycles. The zero-order chi connectivity index (χ0) is 18.6. The van der Waals surface area contributed by atoms with E-state index < -0.39 is 0 Å². The fourth-order valence-electron chi connectivity index (χ4n) is 7.97. The van der Waals surface area contributed by atoms with E-state index in [-0.39, 0.29) is 0 Å². The predicted molar refractivity (Wildman–Crippen MR) is 110 cm³/mol. The van der Waals surface area contributed by atoms with E-state index in [0.717, 1.165) is 23.7 Å². The van der Waals surface area contributed by atoms with E-state index in [1.54, 1.807) is 5.57 Å². The van der Waals surface area contributed by atoms with E-state index in [0.29, 0.717) is 16.9 Å². The first-order chi connectivity index (χ1) is 13.1. The Morgan fingerprint density at radius 2 is 1.96 bits per heavy atom. The molecule has 5 rings (SSSR count). The zero-order valence-corrected chi connectivity index (χ0v) is 17.3. The topological polar surface area (TPSA) is 22.1 Å². The summed E-state index contributed by atoms with van der Waals surface area (Å²) >= 11 is 0. The van der Waals surface area contributed by atoms with Crippen LogP contribution in [-0.4, -0.2) is 18.2 Å². The van der Waals surface area contributed by atoms with Gasteiger partial charge in [0.05, 0.1) is 6.10 Å². The van der Waals surface area contributed by atoms with Crippen LogP contribution in [0.4, 0.5) is 0 Å². The molecule has 0 bridgehead atoms. The Morgan fingerprint density at radius 1 is 1.07 bits per heavy atom. The minimum absolute atomic E-state index is 0.358. The van der Waals surface area contributed by atoms with Gasteiger partial charge >= 0.3 is 0 Å². The number of methoxy groups -OCH3 is 1. The van der Waals surface area contributed by atoms with E-state index in [9.17, 15) is 0 Å². The van der Waals surface area contributed by atoms with E-state index in [4.69, 9.17) is 4.74 Å². The predicted octanol–water partition coefficient (Wildman–Crippen LogP) is 6.13. The number of aromatic nitrogens is 1. The summed E-state index contributed by atoms with van der Waals surface area (Å²) in [5.74, 6) is 3.56. The van der Waals surface area contributed by atoms with Crippen LogP contribution >= 0.6 is 0 Å². The lowest BCUT2D eigenvalue weighted by atomic mass is 9.44. The van der Waals surface area contributed by atoms with Gasteiger partial charge in [0.25, 0.3) is 0 Å². The molecule has 7 atom stereocenters. The van der Waals surface area contributed by atoms with Crippen molar-refractivity contribution in [2.75, 3.05) is 7.11 Å². The minimum Gasteiger partial charge on any atom is -0.381 e. The summed E-state index contributed by atoms with van der Waals surface area (Å²) in [4.78, 5) is 4.41. The van der Waals surface area contributed by atoms with E-state index in [1.807, 2.05) is 13.3 Å². The SMILES string of the molecule is COC1CC[C@@]2(C)[C@@H](CC[C@@H]3[C@@H]2CC[C@]2(C)C(c4cccnc4)=CC[C@@H]32)C1. The molecule has 2 nitrogen and oxygen atoms in total. The Kier molecular flexibility index (Phi) is 4.27. The summed E-state index contributed by atoms with van der Waals surface area (Å²) in [5, 5.41) is 0. The molecule has 0 amide bonds. The van der Waals surface area contributed by atoms with Gasteiger partial charge in [-0.2, -0.15) is 0 Å². The van der Waals surface area contributed by atoms with Crippen molar-refractivity contribution in [3.63, 3.8) is 0 Å². The molecule has 27 heavy (non-hydrogen) atoms. The Balaban J connectivity index is 1.42. The molecule has 146 valence electrons. The normalized spacial score (nSPS) is 46.2. The molecule has 0 saturated heterocycles. The van der Waals surface area contributed by atoms with Gasteiger partial charge < -0.3 is 4.74 Å². The van der Waals surface area contributed by atoms with Gasteiger partial charge in [0, 0.05) is 19.5 Å². The van der Waals surface area contributed by atoms with Crippen LogP contribution in [0.15, 0.2) is 30.6 Å². The summed E-state index contributed by atoms with van der Waals surface area (Å²) in [5.41, 5.74) is 3.86. The van der Waals surface area contributed by atoms with Crippen molar-refractivity contribution in [1.82, 2.24) is 4.98 Å². The Labute approximate surface area is 164 Å². The van der Waals surface area contributed by atoms with Crippen molar-refractivity contribution in [1.29, 1.82) is 0 Å². The fourth-order valence-corrected chi connectivity index (χ4v) is 7.97. The lowest BCUT2D eigenvalue weighted by molar-refractivity contribution is -0.120. The van der Waals surface area contributed by atoms with Gasteiger partial charge in [0.1, 0.15) is 0 Å². The van der Waals surface area contributed by atoms with Gasteiger partial charge in [-0.15, -0.1) is 0 Å². The molecule has 1 aromatic rings. The van der Waals surface area contributed by atoms with Crippen LogP contribution in [0.1, 0.15) is 70.8 Å². The quantitative estimate of drug-likeness (QED) is 0.628. The molecule has 3 saturated carbocycles. The molecule has 0 aliphatic heterocycles. The summed E-state index contributed by atoms with van der Waals surface area (Å²) in [7, 11) is 1.91. The number of hydrogen-bond acceptors (Lipinski definition) is 2. The molecule has 1 heterocycles. The number of fused-ring (bicyclic) bond motifs is 5. The second-order valence-corrected chi connectivity index (χ2v) is 10.3. The average molecular weight is 366 g/mol. The van der Waals surface area contributed by atoms with E-state index in [1.165, 1.54) is 56.9 Å². The molecular weight excluding hydrogens is 330 g/mol. The summed E-state index contributed by atoms with van der Waals surface area (Å²) in [6.07, 6.45) is 17.9. The number of ether oxygens (including phenoxy) is 1. The highest BCUT2D eigenvalue weighted by atomic mass is 16.5. The number of pyridine rings is 1. The van der Waals surface area contributed by atoms with Crippen molar-refractivity contribution in [3.05, 3.63) is 36.2 Å². The van der Waals surface area contributed by atoms with Crippen LogP contribution in [0, 0.1) is 34.5 Å². The third-order valence-electron chi connectivity index (χ3n) is 9.50. The van der Waals surface area contributed by atoms with Gasteiger partial charge in [-0.1, -0.05) is 26.0 Å². The molecule has 2 heteroatoms. The highest BCUT2D eigenvalue weighted by molar-refractivity contribution is 5.72. The number of hydrogen-bond donors (Lipinski definition) is 0. The van der Waals surface area contributed by atoms with Crippen LogP contribution in [0.3, 0.4) is 0 Å². The fraction of sp³-hybridized carbons (Fsp3) is 0.720. The smallest absolute Gasteiger partial charge is 0.0574 e. The van der Waals surface area contributed by atoms with Gasteiger partial charge in [0.2, 0.25) is 0 Å². The van der Waals surface area contributed by atoms with Crippen LogP contribution in [0.25, 0.3) is 5.57 Å². The molecule has 0 aromatic carbocycles. The molecule has 4 aliphatic carbocycles.